The Morgan fingerprint density at radius 3 is 2.64 bits per heavy atom. The second-order valence-electron chi connectivity index (χ2n) is 2.13. The first-order valence-electron chi connectivity index (χ1n) is 3.12. The molecule has 4 heteroatoms. The Morgan fingerprint density at radius 1 is 1.64 bits per heavy atom. The van der Waals surface area contributed by atoms with Gasteiger partial charge in [-0.05, 0) is 6.92 Å². The number of hydrogen-bond acceptors (Lipinski definition) is 4. The molecule has 1 rings (SSSR count). The summed E-state index contributed by atoms with van der Waals surface area (Å²) < 4.78 is 4.87. The average Bonchev–Trinajstić information content (AvgIpc) is 2.30. The SMILES string of the molecule is COC1=C(C(C)=O)C(=O)SC1. The second-order valence-corrected chi connectivity index (χ2v) is 3.08. The summed E-state index contributed by atoms with van der Waals surface area (Å²) in [7, 11) is 1.47. The molecule has 3 nitrogen and oxygen atoms in total. The first-order chi connectivity index (χ1) is 5.16. The molecule has 0 aromatic rings. The molecular formula is C7H8O3S. The molecule has 0 amide bonds. The third-order valence-corrected chi connectivity index (χ3v) is 2.29. The van der Waals surface area contributed by atoms with Gasteiger partial charge in [-0.2, -0.15) is 0 Å². The predicted molar refractivity (Wildman–Crippen MR) is 42.2 cm³/mol. The maximum atomic E-state index is 11.0. The molecule has 60 valence electrons. The summed E-state index contributed by atoms with van der Waals surface area (Å²) in [6, 6.07) is 0. The van der Waals surface area contributed by atoms with Gasteiger partial charge < -0.3 is 4.74 Å². The van der Waals surface area contributed by atoms with Crippen molar-refractivity contribution in [2.75, 3.05) is 12.9 Å². The van der Waals surface area contributed by atoms with Crippen molar-refractivity contribution in [3.63, 3.8) is 0 Å². The van der Waals surface area contributed by atoms with Crippen LogP contribution in [0.15, 0.2) is 11.3 Å². The molecule has 1 aliphatic rings. The summed E-state index contributed by atoms with van der Waals surface area (Å²) in [6.45, 7) is 1.37. The second kappa shape index (κ2) is 3.09. The molecule has 0 spiro atoms. The number of ketones is 1. The van der Waals surface area contributed by atoms with Gasteiger partial charge in [-0.15, -0.1) is 0 Å². The lowest BCUT2D eigenvalue weighted by molar-refractivity contribution is -0.116. The predicted octanol–water partition coefficient (Wildman–Crippen LogP) is 0.749. The molecule has 0 aromatic heterocycles. The van der Waals surface area contributed by atoms with E-state index >= 15 is 0 Å². The fraction of sp³-hybridized carbons (Fsp3) is 0.429. The van der Waals surface area contributed by atoms with E-state index in [4.69, 9.17) is 4.74 Å². The van der Waals surface area contributed by atoms with Gasteiger partial charge in [-0.1, -0.05) is 11.8 Å². The molecule has 0 saturated carbocycles. The van der Waals surface area contributed by atoms with E-state index < -0.39 is 0 Å². The first kappa shape index (κ1) is 8.33. The Morgan fingerprint density at radius 2 is 2.27 bits per heavy atom. The summed E-state index contributed by atoms with van der Waals surface area (Å²) in [5, 5.41) is -0.172. The Bertz CT molecular complexity index is 242. The van der Waals surface area contributed by atoms with Crippen molar-refractivity contribution in [2.45, 2.75) is 6.92 Å². The molecule has 1 aliphatic heterocycles. The van der Waals surface area contributed by atoms with Crippen LogP contribution in [0.25, 0.3) is 0 Å². The molecule has 0 bridgehead atoms. The number of rotatable bonds is 2. The molecule has 0 atom stereocenters. The lowest BCUT2D eigenvalue weighted by Gasteiger charge is -1.98. The number of thioether (sulfide) groups is 1. The van der Waals surface area contributed by atoms with Crippen molar-refractivity contribution in [1.29, 1.82) is 0 Å². The fourth-order valence-corrected chi connectivity index (χ4v) is 1.82. The Balaban J connectivity index is 2.99. The largest absolute Gasteiger partial charge is 0.499 e. The summed E-state index contributed by atoms with van der Waals surface area (Å²) in [5.41, 5.74) is 0.220. The number of carbonyl (C=O) groups is 2. The van der Waals surface area contributed by atoms with Crippen LogP contribution in [-0.4, -0.2) is 23.8 Å². The van der Waals surface area contributed by atoms with Crippen molar-refractivity contribution in [3.05, 3.63) is 11.3 Å². The van der Waals surface area contributed by atoms with E-state index in [1.807, 2.05) is 0 Å². The highest BCUT2D eigenvalue weighted by Crippen LogP contribution is 2.26. The smallest absolute Gasteiger partial charge is 0.226 e. The molecule has 1 heterocycles. The van der Waals surface area contributed by atoms with E-state index in [-0.39, 0.29) is 16.5 Å². The molecule has 0 N–H and O–H groups in total. The fourth-order valence-electron chi connectivity index (χ4n) is 0.890. The minimum Gasteiger partial charge on any atom is -0.499 e. The van der Waals surface area contributed by atoms with E-state index in [2.05, 4.69) is 0 Å². The number of methoxy groups -OCH3 is 1. The third-order valence-electron chi connectivity index (χ3n) is 1.42. The molecule has 0 radical (unpaired) electrons. The molecular weight excluding hydrogens is 164 g/mol. The van der Waals surface area contributed by atoms with Gasteiger partial charge in [-0.25, -0.2) is 0 Å². The van der Waals surface area contributed by atoms with Crippen LogP contribution < -0.4 is 0 Å². The quantitative estimate of drug-likeness (QED) is 0.576. The van der Waals surface area contributed by atoms with Crippen LogP contribution in [0.2, 0.25) is 0 Å². The summed E-state index contributed by atoms with van der Waals surface area (Å²) in [4.78, 5) is 21.8. The summed E-state index contributed by atoms with van der Waals surface area (Å²) >= 11 is 1.11. The van der Waals surface area contributed by atoms with Gasteiger partial charge in [0.25, 0.3) is 0 Å². The van der Waals surface area contributed by atoms with Crippen LogP contribution >= 0.6 is 11.8 Å². The van der Waals surface area contributed by atoms with Crippen molar-refractivity contribution in [1.82, 2.24) is 0 Å². The summed E-state index contributed by atoms with van der Waals surface area (Å²) in [6.07, 6.45) is 0. The lowest BCUT2D eigenvalue weighted by atomic mass is 10.2. The van der Waals surface area contributed by atoms with Gasteiger partial charge in [0.15, 0.2) is 5.78 Å². The van der Waals surface area contributed by atoms with Gasteiger partial charge in [-0.3, -0.25) is 9.59 Å². The zero-order valence-corrected chi connectivity index (χ0v) is 7.16. The highest BCUT2D eigenvalue weighted by Gasteiger charge is 2.27. The zero-order chi connectivity index (χ0) is 8.43. The molecule has 0 saturated heterocycles. The first-order valence-corrected chi connectivity index (χ1v) is 4.10. The third kappa shape index (κ3) is 1.45. The van der Waals surface area contributed by atoms with Crippen LogP contribution in [0.1, 0.15) is 6.92 Å². The normalized spacial score (nSPS) is 17.5. The maximum Gasteiger partial charge on any atom is 0.226 e. The van der Waals surface area contributed by atoms with E-state index in [0.717, 1.165) is 11.8 Å². The van der Waals surface area contributed by atoms with Gasteiger partial charge in [0.2, 0.25) is 5.12 Å². The Labute approximate surface area is 68.8 Å². The van der Waals surface area contributed by atoms with E-state index in [9.17, 15) is 9.59 Å². The van der Waals surface area contributed by atoms with Crippen LogP contribution in [0, 0.1) is 0 Å². The Hall–Kier alpha value is -0.770. The van der Waals surface area contributed by atoms with Crippen molar-refractivity contribution in [2.24, 2.45) is 0 Å². The van der Waals surface area contributed by atoms with E-state index in [1.165, 1.54) is 14.0 Å². The van der Waals surface area contributed by atoms with Gasteiger partial charge in [0.05, 0.1) is 12.9 Å². The van der Waals surface area contributed by atoms with Crippen molar-refractivity contribution < 1.29 is 14.3 Å². The van der Waals surface area contributed by atoms with Crippen molar-refractivity contribution >= 4 is 22.7 Å². The maximum absolute atomic E-state index is 11.0. The van der Waals surface area contributed by atoms with Crippen LogP contribution in [0.3, 0.4) is 0 Å². The Kier molecular flexibility index (Phi) is 2.34. The van der Waals surface area contributed by atoms with Crippen LogP contribution in [-0.2, 0) is 14.3 Å². The van der Waals surface area contributed by atoms with Gasteiger partial charge in [0, 0.05) is 0 Å². The minimum atomic E-state index is -0.211. The molecule has 11 heavy (non-hydrogen) atoms. The van der Waals surface area contributed by atoms with E-state index in [0.29, 0.717) is 11.5 Å². The number of hydrogen-bond donors (Lipinski definition) is 0. The highest BCUT2D eigenvalue weighted by atomic mass is 32.2. The van der Waals surface area contributed by atoms with Crippen molar-refractivity contribution in [3.8, 4) is 0 Å². The topological polar surface area (TPSA) is 43.4 Å². The standard InChI is InChI=1S/C7H8O3S/c1-4(8)6-5(10-2)3-11-7(6)9/h3H2,1-2H3. The molecule has 0 aromatic carbocycles. The average molecular weight is 172 g/mol. The van der Waals surface area contributed by atoms with Gasteiger partial charge >= 0.3 is 0 Å². The summed E-state index contributed by atoms with van der Waals surface area (Å²) in [5.74, 6) is 0.786. The monoisotopic (exact) mass is 172 g/mol. The van der Waals surface area contributed by atoms with E-state index in [1.54, 1.807) is 0 Å². The molecule has 0 fully saturated rings. The molecule has 0 unspecified atom stereocenters. The number of carbonyl (C=O) groups excluding carboxylic acids is 2. The number of Topliss-reactive ketones (excluding diaryl/α,β-unsaturated/α-hetero) is 1. The molecule has 0 aliphatic carbocycles. The number of ether oxygens (including phenoxy) is 1. The van der Waals surface area contributed by atoms with Crippen LogP contribution in [0.4, 0.5) is 0 Å². The minimum absolute atomic E-state index is 0.172. The van der Waals surface area contributed by atoms with Crippen LogP contribution in [0.5, 0.6) is 0 Å². The lowest BCUT2D eigenvalue weighted by Crippen LogP contribution is -2.04. The van der Waals surface area contributed by atoms with Gasteiger partial charge in [0.1, 0.15) is 11.3 Å². The zero-order valence-electron chi connectivity index (χ0n) is 6.34. The highest BCUT2D eigenvalue weighted by molar-refractivity contribution is 8.14.